The van der Waals surface area contributed by atoms with Crippen LogP contribution in [0.15, 0.2) is 12.7 Å². The molecule has 2 amide bonds. The number of amides is 2. The van der Waals surface area contributed by atoms with Crippen LogP contribution in [0.3, 0.4) is 0 Å². The average molecular weight is 504 g/mol. The number of ether oxygens (including phenoxy) is 3. The first kappa shape index (κ1) is 28.8. The van der Waals surface area contributed by atoms with Crippen LogP contribution in [0, 0.1) is 5.41 Å². The summed E-state index contributed by atoms with van der Waals surface area (Å²) < 4.78 is 46.6. The standard InChI is InChI=1S/C24H39F2N3O6/c1-10-13-33-18(30)23(8,9)11-12-28-17-16(14-29(28)20(32)35-22(5,6)7)27(15-24(17,25)26)19(31)34-21(2,3)4/h10,16-17H,1,11-15H2,2-9H3/t16-,17+/m0/s1. The fourth-order valence-electron chi connectivity index (χ4n) is 4.04. The minimum atomic E-state index is -3.33. The molecule has 0 aromatic heterocycles. The summed E-state index contributed by atoms with van der Waals surface area (Å²) in [6, 6.07) is -2.49. The predicted octanol–water partition coefficient (Wildman–Crippen LogP) is 4.22. The monoisotopic (exact) mass is 503 g/mol. The molecule has 0 radical (unpaired) electrons. The van der Waals surface area contributed by atoms with Gasteiger partial charge in [-0.3, -0.25) is 9.69 Å². The number of hydrazine groups is 1. The molecule has 9 nitrogen and oxygen atoms in total. The highest BCUT2D eigenvalue weighted by atomic mass is 19.3. The summed E-state index contributed by atoms with van der Waals surface area (Å²) in [4.78, 5) is 39.2. The number of likely N-dealkylation sites (tertiary alicyclic amines) is 1. The quantitative estimate of drug-likeness (QED) is 0.305. The molecule has 2 atom stereocenters. The van der Waals surface area contributed by atoms with Crippen LogP contribution in [0.4, 0.5) is 18.4 Å². The highest BCUT2D eigenvalue weighted by molar-refractivity contribution is 5.76. The number of fused-ring (bicyclic) bond motifs is 1. The first-order valence-corrected chi connectivity index (χ1v) is 11.7. The van der Waals surface area contributed by atoms with Crippen molar-refractivity contribution in [2.75, 3.05) is 26.2 Å². The van der Waals surface area contributed by atoms with Crippen molar-refractivity contribution in [1.82, 2.24) is 14.9 Å². The van der Waals surface area contributed by atoms with Gasteiger partial charge < -0.3 is 14.2 Å². The second kappa shape index (κ2) is 9.91. The van der Waals surface area contributed by atoms with Gasteiger partial charge in [-0.15, -0.1) is 0 Å². The Balaban J connectivity index is 2.34. The third kappa shape index (κ3) is 7.05. The summed E-state index contributed by atoms with van der Waals surface area (Å²) in [6.07, 6.45) is -0.121. The van der Waals surface area contributed by atoms with Crippen LogP contribution >= 0.6 is 0 Å². The van der Waals surface area contributed by atoms with E-state index in [1.54, 1.807) is 55.4 Å². The van der Waals surface area contributed by atoms with Crippen LogP contribution in [0.1, 0.15) is 61.8 Å². The van der Waals surface area contributed by atoms with Crippen LogP contribution in [-0.2, 0) is 19.0 Å². The Labute approximate surface area is 206 Å². The maximum atomic E-state index is 15.3. The summed E-state index contributed by atoms with van der Waals surface area (Å²) in [5.74, 6) is -3.84. The van der Waals surface area contributed by atoms with E-state index >= 15 is 8.78 Å². The minimum absolute atomic E-state index is 0.0314. The predicted molar refractivity (Wildman–Crippen MR) is 125 cm³/mol. The number of hydrogen-bond donors (Lipinski definition) is 0. The second-order valence-corrected chi connectivity index (χ2v) is 11.6. The van der Waals surface area contributed by atoms with Crippen LogP contribution < -0.4 is 0 Å². The molecule has 200 valence electrons. The van der Waals surface area contributed by atoms with E-state index < -0.39 is 59.3 Å². The highest BCUT2D eigenvalue weighted by Crippen LogP contribution is 2.43. The maximum absolute atomic E-state index is 15.3. The molecular weight excluding hydrogens is 464 g/mol. The number of nitrogens with zero attached hydrogens (tertiary/aromatic N) is 3. The van der Waals surface area contributed by atoms with Gasteiger partial charge in [0.25, 0.3) is 5.92 Å². The zero-order chi connectivity index (χ0) is 27.0. The topological polar surface area (TPSA) is 88.6 Å². The van der Waals surface area contributed by atoms with Crippen molar-refractivity contribution < 1.29 is 37.4 Å². The Bertz CT molecular complexity index is 834. The number of hydrogen-bond acceptors (Lipinski definition) is 7. The molecule has 0 bridgehead atoms. The minimum Gasteiger partial charge on any atom is -0.461 e. The third-order valence-electron chi connectivity index (χ3n) is 5.65. The van der Waals surface area contributed by atoms with Gasteiger partial charge in [0, 0.05) is 6.54 Å². The number of carbonyl (C=O) groups is 3. The molecule has 0 aromatic carbocycles. The van der Waals surface area contributed by atoms with E-state index in [9.17, 15) is 14.4 Å². The van der Waals surface area contributed by atoms with Gasteiger partial charge in [-0.05, 0) is 61.8 Å². The molecule has 2 rings (SSSR count). The van der Waals surface area contributed by atoms with E-state index in [4.69, 9.17) is 14.2 Å². The third-order valence-corrected chi connectivity index (χ3v) is 5.65. The van der Waals surface area contributed by atoms with Crippen molar-refractivity contribution in [2.24, 2.45) is 5.41 Å². The zero-order valence-corrected chi connectivity index (χ0v) is 22.0. The lowest BCUT2D eigenvalue weighted by Crippen LogP contribution is -2.53. The van der Waals surface area contributed by atoms with E-state index in [-0.39, 0.29) is 26.1 Å². The van der Waals surface area contributed by atoms with Gasteiger partial charge >= 0.3 is 18.2 Å². The van der Waals surface area contributed by atoms with Crippen LogP contribution in [-0.4, -0.2) is 88.5 Å². The molecule has 0 saturated carbocycles. The molecule has 2 heterocycles. The average Bonchev–Trinajstić information content (AvgIpc) is 3.17. The maximum Gasteiger partial charge on any atom is 0.425 e. The normalized spacial score (nSPS) is 22.6. The number of halogens is 2. The van der Waals surface area contributed by atoms with Crippen LogP contribution in [0.25, 0.3) is 0 Å². The fourth-order valence-corrected chi connectivity index (χ4v) is 4.04. The van der Waals surface area contributed by atoms with Crippen molar-refractivity contribution in [3.63, 3.8) is 0 Å². The molecule has 0 aliphatic carbocycles. The van der Waals surface area contributed by atoms with E-state index in [0.717, 1.165) is 9.91 Å². The van der Waals surface area contributed by atoms with Crippen molar-refractivity contribution in [3.05, 3.63) is 12.7 Å². The first-order chi connectivity index (χ1) is 15.8. The number of carbonyl (C=O) groups excluding carboxylic acids is 3. The molecule has 2 saturated heterocycles. The number of esters is 1. The molecule has 35 heavy (non-hydrogen) atoms. The highest BCUT2D eigenvalue weighted by Gasteiger charge is 2.64. The lowest BCUT2D eigenvalue weighted by Gasteiger charge is -2.36. The van der Waals surface area contributed by atoms with E-state index in [1.165, 1.54) is 11.1 Å². The van der Waals surface area contributed by atoms with Crippen molar-refractivity contribution in [2.45, 2.75) is 91.0 Å². The molecule has 0 unspecified atom stereocenters. The van der Waals surface area contributed by atoms with Crippen molar-refractivity contribution in [3.8, 4) is 0 Å². The molecular formula is C24H39F2N3O6. The van der Waals surface area contributed by atoms with Crippen LogP contribution in [0.2, 0.25) is 0 Å². The van der Waals surface area contributed by atoms with Gasteiger partial charge in [0.1, 0.15) is 23.9 Å². The van der Waals surface area contributed by atoms with E-state index in [0.29, 0.717) is 0 Å². The van der Waals surface area contributed by atoms with Gasteiger partial charge in [0.2, 0.25) is 0 Å². The van der Waals surface area contributed by atoms with Gasteiger partial charge in [0.15, 0.2) is 0 Å². The van der Waals surface area contributed by atoms with Gasteiger partial charge in [-0.25, -0.2) is 28.4 Å². The second-order valence-electron chi connectivity index (χ2n) is 11.6. The molecule has 2 aliphatic rings. The summed E-state index contributed by atoms with van der Waals surface area (Å²) >= 11 is 0. The lowest BCUT2D eigenvalue weighted by molar-refractivity contribution is -0.154. The van der Waals surface area contributed by atoms with Gasteiger partial charge in [-0.2, -0.15) is 0 Å². The largest absolute Gasteiger partial charge is 0.461 e. The molecule has 2 fully saturated rings. The summed E-state index contributed by atoms with van der Waals surface area (Å²) in [6.45, 7) is 15.7. The first-order valence-electron chi connectivity index (χ1n) is 11.7. The molecule has 2 aliphatic heterocycles. The lowest BCUT2D eigenvalue weighted by atomic mass is 9.89. The summed E-state index contributed by atoms with van der Waals surface area (Å²) in [7, 11) is 0. The molecule has 11 heteroatoms. The number of alkyl halides is 2. The Kier molecular flexibility index (Phi) is 8.15. The summed E-state index contributed by atoms with van der Waals surface area (Å²) in [5, 5.41) is 2.34. The van der Waals surface area contributed by atoms with Crippen LogP contribution in [0.5, 0.6) is 0 Å². The Morgan fingerprint density at radius 2 is 1.54 bits per heavy atom. The van der Waals surface area contributed by atoms with Gasteiger partial charge in [0.05, 0.1) is 24.5 Å². The van der Waals surface area contributed by atoms with Crippen molar-refractivity contribution >= 4 is 18.2 Å². The Morgan fingerprint density at radius 1 is 1.00 bits per heavy atom. The smallest absolute Gasteiger partial charge is 0.425 e. The molecule has 0 aromatic rings. The van der Waals surface area contributed by atoms with E-state index in [2.05, 4.69) is 6.58 Å². The Hall–Kier alpha value is -2.43. The SMILES string of the molecule is C=CCOC(=O)C(C)(C)CCN1[C@@H]2[C@H](CN1C(=O)OC(C)(C)C)N(C(=O)OC(C)(C)C)CC2(F)F. The summed E-state index contributed by atoms with van der Waals surface area (Å²) in [5.41, 5.74) is -2.75. The fraction of sp³-hybridized carbons (Fsp3) is 0.792. The van der Waals surface area contributed by atoms with Gasteiger partial charge in [-0.1, -0.05) is 12.7 Å². The molecule has 0 spiro atoms. The van der Waals surface area contributed by atoms with Crippen molar-refractivity contribution in [1.29, 1.82) is 0 Å². The Morgan fingerprint density at radius 3 is 2.06 bits per heavy atom. The van der Waals surface area contributed by atoms with E-state index in [1.807, 2.05) is 0 Å². The zero-order valence-electron chi connectivity index (χ0n) is 22.0. The number of rotatable bonds is 6. The molecule has 0 N–H and O–H groups in total.